The summed E-state index contributed by atoms with van der Waals surface area (Å²) in [7, 11) is 1.55. The lowest BCUT2D eigenvalue weighted by Gasteiger charge is -2.38. The molecule has 0 saturated carbocycles. The molecule has 2 rings (SSSR count). The zero-order valence-corrected chi connectivity index (χ0v) is 11.7. The highest BCUT2D eigenvalue weighted by molar-refractivity contribution is 5.28. The maximum absolute atomic E-state index is 14.0. The predicted octanol–water partition coefficient (Wildman–Crippen LogP) is 2.39. The fourth-order valence-corrected chi connectivity index (χ4v) is 2.76. The van der Waals surface area contributed by atoms with Gasteiger partial charge < -0.3 is 10.5 Å². The fourth-order valence-electron chi connectivity index (χ4n) is 2.76. The molecule has 1 aromatic rings. The van der Waals surface area contributed by atoms with Gasteiger partial charge in [-0.1, -0.05) is 13.0 Å². The minimum absolute atomic E-state index is 0.200. The largest absolute Gasteiger partial charge is 0.497 e. The lowest BCUT2D eigenvalue weighted by molar-refractivity contribution is 0.114. The molecule has 1 aromatic carbocycles. The van der Waals surface area contributed by atoms with E-state index in [1.807, 2.05) is 6.07 Å². The summed E-state index contributed by atoms with van der Waals surface area (Å²) in [5, 5.41) is 0. The normalized spacial score (nSPS) is 24.4. The van der Waals surface area contributed by atoms with Gasteiger partial charge in [0.05, 0.1) is 7.11 Å². The molecule has 106 valence electrons. The molecule has 0 aliphatic carbocycles. The van der Waals surface area contributed by atoms with Crippen molar-refractivity contribution in [3.05, 3.63) is 29.6 Å². The van der Waals surface area contributed by atoms with Gasteiger partial charge in [0.1, 0.15) is 11.6 Å². The van der Waals surface area contributed by atoms with Gasteiger partial charge in [0.15, 0.2) is 0 Å². The first kappa shape index (κ1) is 14.3. The lowest BCUT2D eigenvalue weighted by Crippen LogP contribution is -2.45. The summed E-state index contributed by atoms with van der Waals surface area (Å²) in [5.41, 5.74) is 6.55. The topological polar surface area (TPSA) is 38.5 Å². The first-order valence-electron chi connectivity index (χ1n) is 6.90. The molecule has 1 aliphatic heterocycles. The van der Waals surface area contributed by atoms with Crippen LogP contribution in [0, 0.1) is 11.7 Å². The highest BCUT2D eigenvalue weighted by Gasteiger charge is 2.25. The van der Waals surface area contributed by atoms with E-state index in [0.717, 1.165) is 19.4 Å². The van der Waals surface area contributed by atoms with Crippen LogP contribution in [-0.4, -0.2) is 31.1 Å². The molecule has 0 radical (unpaired) electrons. The Morgan fingerprint density at radius 2 is 2.26 bits per heavy atom. The first-order valence-corrected chi connectivity index (χ1v) is 6.90. The van der Waals surface area contributed by atoms with Gasteiger partial charge in [-0.05, 0) is 31.4 Å². The van der Waals surface area contributed by atoms with Crippen molar-refractivity contribution in [1.82, 2.24) is 4.90 Å². The molecule has 1 fully saturated rings. The van der Waals surface area contributed by atoms with Crippen LogP contribution in [0.3, 0.4) is 0 Å². The summed E-state index contributed by atoms with van der Waals surface area (Å²) in [6.45, 7) is 4.52. The number of rotatable bonds is 4. The monoisotopic (exact) mass is 266 g/mol. The van der Waals surface area contributed by atoms with E-state index in [9.17, 15) is 4.39 Å². The quantitative estimate of drug-likeness (QED) is 0.909. The third-order valence-electron chi connectivity index (χ3n) is 4.01. The Balaban J connectivity index is 2.07. The second-order valence-electron chi connectivity index (χ2n) is 5.45. The first-order chi connectivity index (χ1) is 9.13. The third-order valence-corrected chi connectivity index (χ3v) is 4.01. The highest BCUT2D eigenvalue weighted by Crippen LogP contribution is 2.25. The average molecular weight is 266 g/mol. The maximum Gasteiger partial charge on any atom is 0.131 e. The van der Waals surface area contributed by atoms with Gasteiger partial charge in [0.2, 0.25) is 0 Å². The molecule has 3 nitrogen and oxygen atoms in total. The number of hydrogen-bond donors (Lipinski definition) is 1. The van der Waals surface area contributed by atoms with Crippen molar-refractivity contribution in [2.45, 2.75) is 32.4 Å². The molecule has 1 heterocycles. The van der Waals surface area contributed by atoms with Crippen molar-refractivity contribution >= 4 is 0 Å². The van der Waals surface area contributed by atoms with Crippen LogP contribution in [0.15, 0.2) is 18.2 Å². The van der Waals surface area contributed by atoms with Gasteiger partial charge in [-0.25, -0.2) is 4.39 Å². The minimum Gasteiger partial charge on any atom is -0.497 e. The lowest BCUT2D eigenvalue weighted by atomic mass is 9.92. The van der Waals surface area contributed by atoms with Crippen LogP contribution in [0.2, 0.25) is 0 Å². The fraction of sp³-hybridized carbons (Fsp3) is 0.600. The van der Waals surface area contributed by atoms with Crippen molar-refractivity contribution in [3.8, 4) is 5.75 Å². The Bertz CT molecular complexity index is 425. The standard InChI is InChI=1S/C15H23FN2O/c1-11-5-6-18(13(7-11)9-17)10-12-3-4-14(19-2)8-15(12)16/h3-4,8,11,13H,5-7,9-10,17H2,1-2H3. The van der Waals surface area contributed by atoms with Crippen molar-refractivity contribution in [3.63, 3.8) is 0 Å². The van der Waals surface area contributed by atoms with Crippen LogP contribution in [-0.2, 0) is 6.54 Å². The predicted molar refractivity (Wildman–Crippen MR) is 74.6 cm³/mol. The molecular formula is C15H23FN2O. The number of methoxy groups -OCH3 is 1. The molecule has 0 amide bonds. The van der Waals surface area contributed by atoms with Gasteiger partial charge in [-0.15, -0.1) is 0 Å². The molecule has 4 heteroatoms. The molecule has 1 saturated heterocycles. The SMILES string of the molecule is COc1ccc(CN2CCC(C)CC2CN)c(F)c1. The van der Waals surface area contributed by atoms with Crippen LogP contribution in [0.4, 0.5) is 4.39 Å². The van der Waals surface area contributed by atoms with Crippen molar-refractivity contribution in [2.24, 2.45) is 11.7 Å². The molecule has 0 spiro atoms. The van der Waals surface area contributed by atoms with E-state index in [1.165, 1.54) is 6.07 Å². The minimum atomic E-state index is -0.200. The van der Waals surface area contributed by atoms with Gasteiger partial charge in [0, 0.05) is 30.8 Å². The summed E-state index contributed by atoms with van der Waals surface area (Å²) >= 11 is 0. The Morgan fingerprint density at radius 3 is 2.89 bits per heavy atom. The van der Waals surface area contributed by atoms with Gasteiger partial charge in [0.25, 0.3) is 0 Å². The molecular weight excluding hydrogens is 243 g/mol. The molecule has 2 atom stereocenters. The Morgan fingerprint density at radius 1 is 1.47 bits per heavy atom. The van der Waals surface area contributed by atoms with Crippen LogP contribution < -0.4 is 10.5 Å². The van der Waals surface area contributed by atoms with E-state index in [1.54, 1.807) is 13.2 Å². The zero-order valence-electron chi connectivity index (χ0n) is 11.7. The van der Waals surface area contributed by atoms with E-state index < -0.39 is 0 Å². The van der Waals surface area contributed by atoms with Crippen molar-refractivity contribution in [1.29, 1.82) is 0 Å². The van der Waals surface area contributed by atoms with E-state index in [4.69, 9.17) is 10.5 Å². The molecule has 0 aromatic heterocycles. The molecule has 0 bridgehead atoms. The summed E-state index contributed by atoms with van der Waals surface area (Å²) in [6, 6.07) is 5.42. The molecule has 19 heavy (non-hydrogen) atoms. The second kappa shape index (κ2) is 6.35. The smallest absolute Gasteiger partial charge is 0.131 e. The van der Waals surface area contributed by atoms with E-state index in [0.29, 0.717) is 36.4 Å². The highest BCUT2D eigenvalue weighted by atomic mass is 19.1. The number of halogens is 1. The summed E-state index contributed by atoms with van der Waals surface area (Å²) in [6.07, 6.45) is 2.27. The number of piperidine rings is 1. The summed E-state index contributed by atoms with van der Waals surface area (Å²) in [5.74, 6) is 1.07. The maximum atomic E-state index is 14.0. The second-order valence-corrected chi connectivity index (χ2v) is 5.45. The number of benzene rings is 1. The number of hydrogen-bond acceptors (Lipinski definition) is 3. The summed E-state index contributed by atoms with van der Waals surface area (Å²) in [4.78, 5) is 2.30. The summed E-state index contributed by atoms with van der Waals surface area (Å²) < 4.78 is 19.0. The zero-order chi connectivity index (χ0) is 13.8. The van der Waals surface area contributed by atoms with E-state index in [-0.39, 0.29) is 5.82 Å². The van der Waals surface area contributed by atoms with Gasteiger partial charge in [-0.3, -0.25) is 4.90 Å². The number of likely N-dealkylation sites (tertiary alicyclic amines) is 1. The Kier molecular flexibility index (Phi) is 4.77. The van der Waals surface area contributed by atoms with Crippen molar-refractivity contribution < 1.29 is 9.13 Å². The van der Waals surface area contributed by atoms with Crippen LogP contribution in [0.5, 0.6) is 5.75 Å². The number of nitrogens with two attached hydrogens (primary N) is 1. The van der Waals surface area contributed by atoms with E-state index in [2.05, 4.69) is 11.8 Å². The van der Waals surface area contributed by atoms with Crippen LogP contribution in [0.25, 0.3) is 0 Å². The van der Waals surface area contributed by atoms with Crippen LogP contribution >= 0.6 is 0 Å². The number of ether oxygens (including phenoxy) is 1. The van der Waals surface area contributed by atoms with Crippen molar-refractivity contribution in [2.75, 3.05) is 20.2 Å². The average Bonchev–Trinajstić information content (AvgIpc) is 2.42. The Labute approximate surface area is 114 Å². The number of nitrogens with zero attached hydrogens (tertiary/aromatic N) is 1. The van der Waals surface area contributed by atoms with Gasteiger partial charge >= 0.3 is 0 Å². The van der Waals surface area contributed by atoms with Gasteiger partial charge in [-0.2, -0.15) is 0 Å². The third kappa shape index (κ3) is 3.45. The Hall–Kier alpha value is -1.13. The molecule has 1 aliphatic rings. The van der Waals surface area contributed by atoms with E-state index >= 15 is 0 Å². The molecule has 2 unspecified atom stereocenters. The van der Waals surface area contributed by atoms with Crippen LogP contribution in [0.1, 0.15) is 25.3 Å². The molecule has 2 N–H and O–H groups in total.